The molecule has 3 aliphatic heterocycles. The number of likely N-dealkylation sites (tertiary alicyclic amines) is 1. The van der Waals surface area contributed by atoms with Crippen molar-refractivity contribution in [2.75, 3.05) is 46.4 Å². The lowest BCUT2D eigenvalue weighted by Crippen LogP contribution is -2.52. The molecular formula is C16H29IN4O2. The topological polar surface area (TPSA) is 66.0 Å². The third-order valence-corrected chi connectivity index (χ3v) is 5.26. The lowest BCUT2D eigenvalue weighted by molar-refractivity contribution is -0.119. The molecule has 1 unspecified atom stereocenters. The molecule has 23 heavy (non-hydrogen) atoms. The Morgan fingerprint density at radius 1 is 1.48 bits per heavy atom. The van der Waals surface area contributed by atoms with Gasteiger partial charge in [-0.3, -0.25) is 9.79 Å². The van der Waals surface area contributed by atoms with Gasteiger partial charge in [-0.05, 0) is 31.6 Å². The predicted molar refractivity (Wildman–Crippen MR) is 101 cm³/mol. The summed E-state index contributed by atoms with van der Waals surface area (Å²) in [5.74, 6) is 1.87. The van der Waals surface area contributed by atoms with Crippen LogP contribution in [0.5, 0.6) is 0 Å². The first kappa shape index (κ1) is 18.8. The van der Waals surface area contributed by atoms with E-state index in [0.717, 1.165) is 71.0 Å². The molecule has 0 aromatic rings. The Labute approximate surface area is 155 Å². The van der Waals surface area contributed by atoms with Crippen LogP contribution in [0.3, 0.4) is 0 Å². The zero-order valence-corrected chi connectivity index (χ0v) is 16.3. The van der Waals surface area contributed by atoms with Crippen LogP contribution in [0.15, 0.2) is 4.99 Å². The van der Waals surface area contributed by atoms with Crippen LogP contribution in [0.4, 0.5) is 0 Å². The number of piperidine rings is 1. The van der Waals surface area contributed by atoms with Crippen molar-refractivity contribution in [1.29, 1.82) is 0 Å². The summed E-state index contributed by atoms with van der Waals surface area (Å²) in [7, 11) is 1.85. The molecule has 1 spiro atoms. The van der Waals surface area contributed by atoms with E-state index in [-0.39, 0.29) is 35.3 Å². The highest BCUT2D eigenvalue weighted by Gasteiger charge is 2.42. The zero-order valence-electron chi connectivity index (χ0n) is 14.0. The van der Waals surface area contributed by atoms with Gasteiger partial charge in [0.1, 0.15) is 0 Å². The maximum absolute atomic E-state index is 11.6. The van der Waals surface area contributed by atoms with E-state index >= 15 is 0 Å². The third kappa shape index (κ3) is 4.71. The van der Waals surface area contributed by atoms with Gasteiger partial charge in [0.05, 0.1) is 0 Å². The number of nitrogens with zero attached hydrogens (tertiary/aromatic N) is 2. The number of guanidine groups is 1. The van der Waals surface area contributed by atoms with E-state index in [9.17, 15) is 4.79 Å². The second kappa shape index (κ2) is 8.50. The third-order valence-electron chi connectivity index (χ3n) is 5.26. The Bertz CT molecular complexity index is 440. The first-order chi connectivity index (χ1) is 10.7. The van der Waals surface area contributed by atoms with E-state index in [0.29, 0.717) is 12.3 Å². The molecular weight excluding hydrogens is 407 g/mol. The number of amides is 1. The number of aliphatic imine (C=N–C) groups is 1. The molecule has 0 aromatic carbocycles. The lowest BCUT2D eigenvalue weighted by Gasteiger charge is -2.41. The summed E-state index contributed by atoms with van der Waals surface area (Å²) < 4.78 is 5.42. The number of nitrogens with one attached hydrogen (secondary N) is 2. The van der Waals surface area contributed by atoms with E-state index in [1.165, 1.54) is 0 Å². The number of carbonyl (C=O) groups is 1. The Kier molecular flexibility index (Phi) is 6.94. The van der Waals surface area contributed by atoms with Crippen LogP contribution in [0.2, 0.25) is 0 Å². The Morgan fingerprint density at radius 2 is 2.26 bits per heavy atom. The molecule has 1 atom stereocenters. The molecule has 0 aliphatic carbocycles. The monoisotopic (exact) mass is 436 g/mol. The summed E-state index contributed by atoms with van der Waals surface area (Å²) >= 11 is 0. The first-order valence-electron chi connectivity index (χ1n) is 8.51. The van der Waals surface area contributed by atoms with Gasteiger partial charge in [-0.15, -0.1) is 24.0 Å². The molecule has 3 saturated heterocycles. The molecule has 1 amide bonds. The van der Waals surface area contributed by atoms with Crippen LogP contribution in [0.25, 0.3) is 0 Å². The van der Waals surface area contributed by atoms with Crippen LogP contribution in [-0.2, 0) is 9.53 Å². The van der Waals surface area contributed by atoms with E-state index < -0.39 is 0 Å². The van der Waals surface area contributed by atoms with Crippen LogP contribution in [0, 0.1) is 11.3 Å². The molecule has 0 saturated carbocycles. The first-order valence-corrected chi connectivity index (χ1v) is 8.51. The highest BCUT2D eigenvalue weighted by Crippen LogP contribution is 2.36. The highest BCUT2D eigenvalue weighted by molar-refractivity contribution is 14.0. The largest absolute Gasteiger partial charge is 0.381 e. The van der Waals surface area contributed by atoms with Gasteiger partial charge in [-0.1, -0.05) is 0 Å². The van der Waals surface area contributed by atoms with Crippen LogP contribution in [0.1, 0.15) is 32.1 Å². The minimum Gasteiger partial charge on any atom is -0.381 e. The molecule has 3 rings (SSSR count). The van der Waals surface area contributed by atoms with Crippen molar-refractivity contribution in [3.8, 4) is 0 Å². The summed E-state index contributed by atoms with van der Waals surface area (Å²) in [5, 5.41) is 6.54. The zero-order chi connectivity index (χ0) is 15.4. The van der Waals surface area contributed by atoms with Gasteiger partial charge in [0.2, 0.25) is 5.91 Å². The summed E-state index contributed by atoms with van der Waals surface area (Å²) in [6.07, 6.45) is 5.20. The summed E-state index contributed by atoms with van der Waals surface area (Å²) in [5.41, 5.74) is 0.117. The highest BCUT2D eigenvalue weighted by atomic mass is 127. The molecule has 132 valence electrons. The normalized spacial score (nSPS) is 29.3. The van der Waals surface area contributed by atoms with E-state index in [1.54, 1.807) is 0 Å². The molecule has 3 fully saturated rings. The number of ether oxygens (including phenoxy) is 1. The number of hydrogen-bond donors (Lipinski definition) is 2. The van der Waals surface area contributed by atoms with Crippen LogP contribution >= 0.6 is 24.0 Å². The van der Waals surface area contributed by atoms with Gasteiger partial charge < -0.3 is 20.3 Å². The second-order valence-corrected chi connectivity index (χ2v) is 6.96. The van der Waals surface area contributed by atoms with Crippen molar-refractivity contribution in [3.63, 3.8) is 0 Å². The molecule has 7 heteroatoms. The molecule has 0 bridgehead atoms. The van der Waals surface area contributed by atoms with Gasteiger partial charge in [-0.2, -0.15) is 0 Å². The average molecular weight is 436 g/mol. The van der Waals surface area contributed by atoms with Gasteiger partial charge in [0.15, 0.2) is 5.96 Å². The number of hydrogen-bond acceptors (Lipinski definition) is 3. The Balaban J connectivity index is 0.00000192. The molecule has 2 N–H and O–H groups in total. The van der Waals surface area contributed by atoms with Gasteiger partial charge in [0, 0.05) is 58.3 Å². The fraction of sp³-hybridized carbons (Fsp3) is 0.875. The van der Waals surface area contributed by atoms with Gasteiger partial charge >= 0.3 is 0 Å². The molecule has 3 heterocycles. The average Bonchev–Trinajstić information content (AvgIpc) is 2.89. The van der Waals surface area contributed by atoms with Gasteiger partial charge in [-0.25, -0.2) is 0 Å². The summed E-state index contributed by atoms with van der Waals surface area (Å²) in [6.45, 7) is 5.51. The molecule has 6 nitrogen and oxygen atoms in total. The second-order valence-electron chi connectivity index (χ2n) is 6.96. The maximum Gasteiger partial charge on any atom is 0.220 e. The number of carbonyl (C=O) groups excluding carboxylic acids is 1. The van der Waals surface area contributed by atoms with Crippen molar-refractivity contribution in [3.05, 3.63) is 0 Å². The summed E-state index contributed by atoms with van der Waals surface area (Å²) in [6, 6.07) is 0. The minimum atomic E-state index is 0. The van der Waals surface area contributed by atoms with Crippen LogP contribution < -0.4 is 10.6 Å². The summed E-state index contributed by atoms with van der Waals surface area (Å²) in [4.78, 5) is 18.4. The van der Waals surface area contributed by atoms with Gasteiger partial charge in [0.25, 0.3) is 0 Å². The van der Waals surface area contributed by atoms with Crippen LogP contribution in [-0.4, -0.2) is 63.2 Å². The quantitative estimate of drug-likeness (QED) is 0.388. The smallest absolute Gasteiger partial charge is 0.220 e. The molecule has 0 aromatic heterocycles. The fourth-order valence-electron chi connectivity index (χ4n) is 3.95. The predicted octanol–water partition coefficient (Wildman–Crippen LogP) is 1.21. The SMILES string of the molecule is CN=C(NCC1CCOCC1)N1CCCC2(CNC(=O)C2)C1.I. The number of rotatable bonds is 2. The maximum atomic E-state index is 11.6. The Morgan fingerprint density at radius 3 is 2.91 bits per heavy atom. The van der Waals surface area contributed by atoms with E-state index in [1.807, 2.05) is 7.05 Å². The van der Waals surface area contributed by atoms with E-state index in [4.69, 9.17) is 4.74 Å². The standard InChI is InChI=1S/C16H28N4O2.HI/c1-17-15(18-10-13-3-7-22-8-4-13)20-6-2-5-16(12-20)9-14(21)19-11-16;/h13H,2-12H2,1H3,(H,17,18)(H,19,21);1H. The Hall–Kier alpha value is -0.570. The van der Waals surface area contributed by atoms with E-state index in [2.05, 4.69) is 20.5 Å². The van der Waals surface area contributed by atoms with Crippen molar-refractivity contribution in [2.24, 2.45) is 16.3 Å². The number of halogens is 1. The fourth-order valence-corrected chi connectivity index (χ4v) is 3.95. The molecule has 3 aliphatic rings. The van der Waals surface area contributed by atoms with Crippen molar-refractivity contribution < 1.29 is 9.53 Å². The van der Waals surface area contributed by atoms with Crippen molar-refractivity contribution >= 4 is 35.8 Å². The lowest BCUT2D eigenvalue weighted by atomic mass is 9.79. The van der Waals surface area contributed by atoms with Crippen molar-refractivity contribution in [2.45, 2.75) is 32.1 Å². The van der Waals surface area contributed by atoms with Crippen molar-refractivity contribution in [1.82, 2.24) is 15.5 Å². The minimum absolute atomic E-state index is 0. The molecule has 0 radical (unpaired) electrons.